The lowest BCUT2D eigenvalue weighted by molar-refractivity contribution is -0.130. The predicted octanol–water partition coefficient (Wildman–Crippen LogP) is 0.763. The van der Waals surface area contributed by atoms with Crippen molar-refractivity contribution in [2.24, 2.45) is 5.84 Å². The number of nitrogen functional groups attached to an aromatic ring is 1. The molecule has 0 spiro atoms. The first-order valence-electron chi connectivity index (χ1n) is 5.93. The summed E-state index contributed by atoms with van der Waals surface area (Å²) in [5.74, 6) is 6.43. The molecule has 1 rings (SSSR count). The van der Waals surface area contributed by atoms with Crippen molar-refractivity contribution >= 4 is 29.3 Å². The smallest absolute Gasteiger partial charge is 0.244 e. The van der Waals surface area contributed by atoms with E-state index < -0.39 is 0 Å². The molecule has 19 heavy (non-hydrogen) atoms. The van der Waals surface area contributed by atoms with Gasteiger partial charge >= 0.3 is 0 Å². The van der Waals surface area contributed by atoms with Crippen LogP contribution in [-0.2, 0) is 4.79 Å². The van der Waals surface area contributed by atoms with Crippen molar-refractivity contribution in [3.8, 4) is 0 Å². The molecule has 0 aromatic carbocycles. The van der Waals surface area contributed by atoms with Gasteiger partial charge in [-0.05, 0) is 20.1 Å². The number of carbonyl (C=O) groups excluding carboxylic acids is 1. The topological polar surface area (TPSA) is 96.2 Å². The first-order chi connectivity index (χ1) is 9.01. The van der Waals surface area contributed by atoms with E-state index in [1.807, 2.05) is 13.2 Å². The summed E-state index contributed by atoms with van der Waals surface area (Å²) in [6.45, 7) is 4.39. The lowest BCUT2D eigenvalue weighted by Gasteiger charge is -2.21. The zero-order chi connectivity index (χ0) is 14.4. The molecule has 0 aliphatic rings. The molecule has 1 unspecified atom stereocenters. The number of likely N-dealkylation sites (N-methyl/N-ethyl adjacent to an activating group) is 1. The zero-order valence-corrected chi connectivity index (χ0v) is 12.4. The van der Waals surface area contributed by atoms with E-state index >= 15 is 0 Å². The number of anilines is 2. The van der Waals surface area contributed by atoms with Crippen LogP contribution in [0.5, 0.6) is 0 Å². The van der Waals surface area contributed by atoms with Gasteiger partial charge in [-0.25, -0.2) is 15.8 Å². The maximum Gasteiger partial charge on any atom is 0.244 e. The molecule has 7 nitrogen and oxygen atoms in total. The first kappa shape index (κ1) is 15.5. The minimum absolute atomic E-state index is 0.00840. The number of carbonyl (C=O) groups is 1. The molecule has 8 heteroatoms. The van der Waals surface area contributed by atoms with Crippen LogP contribution in [0.1, 0.15) is 13.8 Å². The van der Waals surface area contributed by atoms with Crippen LogP contribution < -0.4 is 16.6 Å². The van der Waals surface area contributed by atoms with Crippen molar-refractivity contribution in [1.29, 1.82) is 0 Å². The number of hydrazine groups is 1. The number of nitrogens with zero attached hydrogens (tertiary/aromatic N) is 3. The third-order valence-corrected chi connectivity index (χ3v) is 3.17. The van der Waals surface area contributed by atoms with Crippen molar-refractivity contribution < 1.29 is 4.79 Å². The van der Waals surface area contributed by atoms with Gasteiger partial charge in [-0.2, -0.15) is 0 Å². The molecule has 0 saturated carbocycles. The summed E-state index contributed by atoms with van der Waals surface area (Å²) >= 11 is 1.41. The van der Waals surface area contributed by atoms with E-state index in [2.05, 4.69) is 20.7 Å². The fraction of sp³-hybridized carbons (Fsp3) is 0.545. The van der Waals surface area contributed by atoms with Crippen molar-refractivity contribution in [3.05, 3.63) is 6.07 Å². The van der Waals surface area contributed by atoms with Gasteiger partial charge in [0.05, 0.1) is 0 Å². The van der Waals surface area contributed by atoms with Crippen molar-refractivity contribution in [3.63, 3.8) is 0 Å². The molecule has 0 fully saturated rings. The SMILES string of the molecule is CCN(C)C(=O)C(C)Nc1cc(NN)nc(SC)n1. The third kappa shape index (κ3) is 4.25. The number of nitrogens with one attached hydrogen (secondary N) is 2. The van der Waals surface area contributed by atoms with Gasteiger partial charge in [-0.15, -0.1) is 0 Å². The molecule has 1 aromatic rings. The first-order valence-corrected chi connectivity index (χ1v) is 7.15. The van der Waals surface area contributed by atoms with E-state index in [0.717, 1.165) is 0 Å². The molecule has 0 saturated heterocycles. The number of rotatable bonds is 6. The normalized spacial score (nSPS) is 11.8. The number of thioether (sulfide) groups is 1. The molecule has 0 aliphatic carbocycles. The highest BCUT2D eigenvalue weighted by atomic mass is 32.2. The van der Waals surface area contributed by atoms with Crippen molar-refractivity contribution in [2.45, 2.75) is 25.0 Å². The predicted molar refractivity (Wildman–Crippen MR) is 78.0 cm³/mol. The quantitative estimate of drug-likeness (QED) is 0.307. The van der Waals surface area contributed by atoms with Crippen LogP contribution in [0.25, 0.3) is 0 Å². The molecule has 0 bridgehead atoms. The summed E-state index contributed by atoms with van der Waals surface area (Å²) in [5.41, 5.74) is 2.48. The van der Waals surface area contributed by atoms with Crippen LogP contribution in [0.4, 0.5) is 11.6 Å². The second kappa shape index (κ2) is 7.15. The summed E-state index contributed by atoms with van der Waals surface area (Å²) in [5, 5.41) is 3.64. The second-order valence-electron chi connectivity index (χ2n) is 3.99. The fourth-order valence-electron chi connectivity index (χ4n) is 1.43. The summed E-state index contributed by atoms with van der Waals surface area (Å²) in [7, 11) is 1.76. The van der Waals surface area contributed by atoms with Crippen LogP contribution in [0, 0.1) is 0 Å². The van der Waals surface area contributed by atoms with E-state index in [4.69, 9.17) is 5.84 Å². The third-order valence-electron chi connectivity index (χ3n) is 2.62. The molecule has 0 radical (unpaired) electrons. The lowest BCUT2D eigenvalue weighted by Crippen LogP contribution is -2.39. The average Bonchev–Trinajstić information content (AvgIpc) is 2.44. The van der Waals surface area contributed by atoms with Gasteiger partial charge in [0.2, 0.25) is 5.91 Å². The largest absolute Gasteiger partial charge is 0.358 e. The Labute approximate surface area is 117 Å². The van der Waals surface area contributed by atoms with E-state index in [-0.39, 0.29) is 11.9 Å². The Morgan fingerprint density at radius 3 is 2.68 bits per heavy atom. The maximum absolute atomic E-state index is 12.0. The molecule has 1 atom stereocenters. The standard InChI is InChI=1S/C11H20N6OS/c1-5-17(3)10(18)7(2)13-8-6-9(16-12)15-11(14-8)19-4/h6-7H,5,12H2,1-4H3,(H2,13,14,15,16). The van der Waals surface area contributed by atoms with Gasteiger partial charge in [0.25, 0.3) is 0 Å². The maximum atomic E-state index is 12.0. The molecular weight excluding hydrogens is 264 g/mol. The average molecular weight is 284 g/mol. The Balaban J connectivity index is 2.83. The Kier molecular flexibility index (Phi) is 5.84. The minimum Gasteiger partial charge on any atom is -0.358 e. The van der Waals surface area contributed by atoms with E-state index in [9.17, 15) is 4.79 Å². The second-order valence-corrected chi connectivity index (χ2v) is 4.76. The van der Waals surface area contributed by atoms with Crippen molar-refractivity contribution in [1.82, 2.24) is 14.9 Å². The highest BCUT2D eigenvalue weighted by Crippen LogP contribution is 2.17. The van der Waals surface area contributed by atoms with Gasteiger partial charge < -0.3 is 15.6 Å². The van der Waals surface area contributed by atoms with Crippen LogP contribution >= 0.6 is 11.8 Å². The van der Waals surface area contributed by atoms with E-state index in [1.54, 1.807) is 24.9 Å². The zero-order valence-electron chi connectivity index (χ0n) is 11.6. The lowest BCUT2D eigenvalue weighted by atomic mass is 10.3. The van der Waals surface area contributed by atoms with E-state index in [1.165, 1.54) is 11.8 Å². The molecule has 1 heterocycles. The van der Waals surface area contributed by atoms with Gasteiger partial charge in [-0.3, -0.25) is 4.79 Å². The summed E-state index contributed by atoms with van der Waals surface area (Å²) < 4.78 is 0. The Morgan fingerprint density at radius 1 is 1.53 bits per heavy atom. The Bertz CT molecular complexity index is 419. The van der Waals surface area contributed by atoms with Crippen LogP contribution in [0.15, 0.2) is 11.2 Å². The Morgan fingerprint density at radius 2 is 2.16 bits per heavy atom. The molecule has 1 aromatic heterocycles. The minimum atomic E-state index is -0.361. The number of nitrogens with two attached hydrogens (primary N) is 1. The number of aromatic nitrogens is 2. The van der Waals surface area contributed by atoms with Gasteiger partial charge in [-0.1, -0.05) is 11.8 Å². The van der Waals surface area contributed by atoms with Gasteiger partial charge in [0, 0.05) is 19.7 Å². The van der Waals surface area contributed by atoms with Crippen molar-refractivity contribution in [2.75, 3.05) is 30.6 Å². The summed E-state index contributed by atoms with van der Waals surface area (Å²) in [4.78, 5) is 22.0. The van der Waals surface area contributed by atoms with Gasteiger partial charge in [0.1, 0.15) is 17.7 Å². The molecular formula is C11H20N6OS. The summed E-state index contributed by atoms with van der Waals surface area (Å²) in [6, 6.07) is 1.30. The molecule has 0 aliphatic heterocycles. The fourth-order valence-corrected chi connectivity index (χ4v) is 1.81. The van der Waals surface area contributed by atoms with Crippen LogP contribution in [-0.4, -0.2) is 46.7 Å². The summed E-state index contributed by atoms with van der Waals surface area (Å²) in [6.07, 6.45) is 1.87. The van der Waals surface area contributed by atoms with Crippen LogP contribution in [0.3, 0.4) is 0 Å². The molecule has 1 amide bonds. The number of amides is 1. The highest BCUT2D eigenvalue weighted by molar-refractivity contribution is 7.98. The molecule has 4 N–H and O–H groups in total. The number of hydrogen-bond donors (Lipinski definition) is 3. The molecule has 106 valence electrons. The monoisotopic (exact) mass is 284 g/mol. The van der Waals surface area contributed by atoms with E-state index in [0.29, 0.717) is 23.3 Å². The Hall–Kier alpha value is -1.54. The van der Waals surface area contributed by atoms with Gasteiger partial charge in [0.15, 0.2) is 5.16 Å². The highest BCUT2D eigenvalue weighted by Gasteiger charge is 2.17. The number of hydrogen-bond acceptors (Lipinski definition) is 7. The van der Waals surface area contributed by atoms with Crippen LogP contribution in [0.2, 0.25) is 0 Å².